The number of nitrogens with zero attached hydrogens (tertiary/aromatic N) is 5. The molecule has 0 saturated carbocycles. The summed E-state index contributed by atoms with van der Waals surface area (Å²) in [5.41, 5.74) is 0.554. The van der Waals surface area contributed by atoms with Crippen LogP contribution in [0, 0.1) is 0 Å². The van der Waals surface area contributed by atoms with Crippen molar-refractivity contribution in [2.75, 3.05) is 59.0 Å². The molecule has 2 saturated heterocycles. The van der Waals surface area contributed by atoms with Crippen molar-refractivity contribution in [2.24, 2.45) is 0 Å². The Bertz CT molecular complexity index is 977. The molecule has 0 N–H and O–H groups in total. The summed E-state index contributed by atoms with van der Waals surface area (Å²) >= 11 is 0. The van der Waals surface area contributed by atoms with E-state index in [1.165, 1.54) is 16.4 Å². The molecule has 0 atom stereocenters. The van der Waals surface area contributed by atoms with E-state index in [0.717, 1.165) is 19.6 Å². The van der Waals surface area contributed by atoms with Gasteiger partial charge in [-0.2, -0.15) is 4.31 Å². The van der Waals surface area contributed by atoms with Crippen LogP contribution < -0.4 is 0 Å². The number of sulfonamides is 1. The number of morpholine rings is 1. The second-order valence-electron chi connectivity index (χ2n) is 7.18. The van der Waals surface area contributed by atoms with Crippen LogP contribution in [0.15, 0.2) is 33.6 Å². The number of benzene rings is 1. The molecular weight excluding hydrogens is 410 g/mol. The predicted molar refractivity (Wildman–Crippen MR) is 107 cm³/mol. The van der Waals surface area contributed by atoms with Crippen molar-refractivity contribution in [2.45, 2.75) is 11.8 Å². The normalized spacial score (nSPS) is 19.2. The predicted octanol–water partition coefficient (Wildman–Crippen LogP) is 0.535. The van der Waals surface area contributed by atoms with E-state index >= 15 is 0 Å². The van der Waals surface area contributed by atoms with E-state index in [1.807, 2.05) is 0 Å². The molecule has 162 valence electrons. The summed E-state index contributed by atoms with van der Waals surface area (Å²) < 4.78 is 37.6. The van der Waals surface area contributed by atoms with E-state index in [9.17, 15) is 13.2 Å². The molecule has 2 fully saturated rings. The number of carbonyl (C=O) groups is 1. The summed E-state index contributed by atoms with van der Waals surface area (Å²) in [6, 6.07) is 6.23. The van der Waals surface area contributed by atoms with E-state index < -0.39 is 10.0 Å². The maximum Gasteiger partial charge on any atom is 0.311 e. The molecule has 1 amide bonds. The van der Waals surface area contributed by atoms with Crippen molar-refractivity contribution in [3.63, 3.8) is 0 Å². The topological polar surface area (TPSA) is 109 Å². The van der Waals surface area contributed by atoms with Crippen LogP contribution in [0.4, 0.5) is 0 Å². The van der Waals surface area contributed by atoms with Crippen molar-refractivity contribution in [3.05, 3.63) is 30.2 Å². The number of rotatable bonds is 5. The molecule has 2 aromatic rings. The Kier molecular flexibility index (Phi) is 6.14. The first kappa shape index (κ1) is 20.9. The summed E-state index contributed by atoms with van der Waals surface area (Å²) in [4.78, 5) is 16.8. The van der Waals surface area contributed by atoms with Gasteiger partial charge in [-0.05, 0) is 30.8 Å². The van der Waals surface area contributed by atoms with Gasteiger partial charge >= 0.3 is 11.8 Å². The maximum absolute atomic E-state index is 12.7. The molecule has 0 radical (unpaired) electrons. The first-order chi connectivity index (χ1) is 14.5. The van der Waals surface area contributed by atoms with Crippen molar-refractivity contribution >= 4 is 15.9 Å². The first-order valence-corrected chi connectivity index (χ1v) is 11.5. The van der Waals surface area contributed by atoms with Crippen LogP contribution in [0.5, 0.6) is 0 Å². The van der Waals surface area contributed by atoms with E-state index in [2.05, 4.69) is 22.0 Å². The quantitative estimate of drug-likeness (QED) is 0.669. The molecule has 10 nitrogen and oxygen atoms in total. The number of ether oxygens (including phenoxy) is 1. The minimum Gasteiger partial charge on any atom is -0.412 e. The molecule has 0 unspecified atom stereocenters. The van der Waals surface area contributed by atoms with E-state index in [0.29, 0.717) is 45.0 Å². The SMILES string of the molecule is CCN1CCN(C(=O)c2nnc(-c3ccc(S(=O)(=O)N4CCOCC4)cc3)o2)CC1. The van der Waals surface area contributed by atoms with Crippen molar-refractivity contribution in [1.29, 1.82) is 0 Å². The highest BCUT2D eigenvalue weighted by Crippen LogP contribution is 2.23. The number of piperazine rings is 1. The lowest BCUT2D eigenvalue weighted by Gasteiger charge is -2.33. The Morgan fingerprint density at radius 1 is 1.00 bits per heavy atom. The molecule has 2 aliphatic heterocycles. The van der Waals surface area contributed by atoms with Gasteiger partial charge in [-0.25, -0.2) is 8.42 Å². The molecule has 1 aromatic heterocycles. The Labute approximate surface area is 175 Å². The fourth-order valence-electron chi connectivity index (χ4n) is 3.53. The van der Waals surface area contributed by atoms with Gasteiger partial charge in [-0.3, -0.25) is 4.79 Å². The average Bonchev–Trinajstić information content (AvgIpc) is 3.30. The van der Waals surface area contributed by atoms with Gasteiger partial charge in [0.25, 0.3) is 0 Å². The van der Waals surface area contributed by atoms with Gasteiger partial charge in [-0.1, -0.05) is 6.92 Å². The van der Waals surface area contributed by atoms with Gasteiger partial charge in [-0.15, -0.1) is 10.2 Å². The zero-order valence-corrected chi connectivity index (χ0v) is 17.7. The first-order valence-electron chi connectivity index (χ1n) is 10.0. The van der Waals surface area contributed by atoms with Crippen LogP contribution in [-0.4, -0.2) is 97.7 Å². The molecule has 4 rings (SSSR count). The van der Waals surface area contributed by atoms with Gasteiger partial charge < -0.3 is 19.0 Å². The highest BCUT2D eigenvalue weighted by Gasteiger charge is 2.28. The monoisotopic (exact) mass is 435 g/mol. The Hall–Kier alpha value is -2.34. The largest absolute Gasteiger partial charge is 0.412 e. The molecule has 11 heteroatoms. The van der Waals surface area contributed by atoms with Gasteiger partial charge in [0.2, 0.25) is 15.9 Å². The summed E-state index contributed by atoms with van der Waals surface area (Å²) in [5.74, 6) is -0.156. The van der Waals surface area contributed by atoms with Gasteiger partial charge in [0.1, 0.15) is 0 Å². The second-order valence-corrected chi connectivity index (χ2v) is 9.12. The zero-order valence-electron chi connectivity index (χ0n) is 16.9. The highest BCUT2D eigenvalue weighted by atomic mass is 32.2. The molecule has 30 heavy (non-hydrogen) atoms. The third-order valence-electron chi connectivity index (χ3n) is 5.42. The molecule has 3 heterocycles. The van der Waals surface area contributed by atoms with E-state index in [4.69, 9.17) is 9.15 Å². The van der Waals surface area contributed by atoms with Gasteiger partial charge in [0.15, 0.2) is 0 Å². The van der Waals surface area contributed by atoms with Crippen LogP contribution >= 0.6 is 0 Å². The fourth-order valence-corrected chi connectivity index (χ4v) is 4.94. The summed E-state index contributed by atoms with van der Waals surface area (Å²) in [7, 11) is -3.57. The standard InChI is InChI=1S/C19H25N5O5S/c1-2-22-7-9-23(10-8-22)19(25)18-21-20-17(29-18)15-3-5-16(6-4-15)30(26,27)24-11-13-28-14-12-24/h3-6H,2,7-14H2,1H3. The molecule has 1 aromatic carbocycles. The van der Waals surface area contributed by atoms with Crippen molar-refractivity contribution in [1.82, 2.24) is 24.3 Å². The lowest BCUT2D eigenvalue weighted by molar-refractivity contribution is 0.0605. The summed E-state index contributed by atoms with van der Waals surface area (Å²) in [5, 5.41) is 7.85. The molecular formula is C19H25N5O5S. The van der Waals surface area contributed by atoms with Crippen LogP contribution in [-0.2, 0) is 14.8 Å². The van der Waals surface area contributed by atoms with Crippen molar-refractivity contribution in [3.8, 4) is 11.5 Å². The number of aromatic nitrogens is 2. The number of carbonyl (C=O) groups excluding carboxylic acids is 1. The fraction of sp³-hybridized carbons (Fsp3) is 0.526. The maximum atomic E-state index is 12.7. The van der Waals surface area contributed by atoms with Crippen molar-refractivity contribution < 1.29 is 22.4 Å². The highest BCUT2D eigenvalue weighted by molar-refractivity contribution is 7.89. The number of hydrogen-bond acceptors (Lipinski definition) is 8. The van der Waals surface area contributed by atoms with Crippen LogP contribution in [0.3, 0.4) is 0 Å². The third-order valence-corrected chi connectivity index (χ3v) is 7.34. The minimum absolute atomic E-state index is 0.0556. The van der Waals surface area contributed by atoms with Crippen LogP contribution in [0.2, 0.25) is 0 Å². The average molecular weight is 436 g/mol. The Balaban J connectivity index is 1.45. The zero-order chi connectivity index (χ0) is 21.1. The molecule has 2 aliphatic rings. The number of amides is 1. The summed E-state index contributed by atoms with van der Waals surface area (Å²) in [6.45, 7) is 7.41. The van der Waals surface area contributed by atoms with E-state index in [1.54, 1.807) is 17.0 Å². The van der Waals surface area contributed by atoms with Gasteiger partial charge in [0.05, 0.1) is 18.1 Å². The number of hydrogen-bond donors (Lipinski definition) is 0. The Morgan fingerprint density at radius 2 is 1.67 bits per heavy atom. The smallest absolute Gasteiger partial charge is 0.311 e. The van der Waals surface area contributed by atoms with Gasteiger partial charge in [0, 0.05) is 44.8 Å². The molecule has 0 bridgehead atoms. The summed E-state index contributed by atoms with van der Waals surface area (Å²) in [6.07, 6.45) is 0. The van der Waals surface area contributed by atoms with E-state index in [-0.39, 0.29) is 22.6 Å². The van der Waals surface area contributed by atoms with Crippen LogP contribution in [0.25, 0.3) is 11.5 Å². The van der Waals surface area contributed by atoms with Crippen LogP contribution in [0.1, 0.15) is 17.6 Å². The third kappa shape index (κ3) is 4.24. The number of likely N-dealkylation sites (N-methyl/N-ethyl adjacent to an activating group) is 1. The second kappa shape index (κ2) is 8.80. The lowest BCUT2D eigenvalue weighted by Crippen LogP contribution is -2.48. The Morgan fingerprint density at radius 3 is 2.30 bits per heavy atom. The lowest BCUT2D eigenvalue weighted by atomic mass is 10.2. The minimum atomic E-state index is -3.57. The molecule has 0 aliphatic carbocycles. The molecule has 0 spiro atoms.